The SMILES string of the molecule is CCOC(=O)C(C)(C)C(=O)Cn1c(C)nc2ccccc21. The number of carbonyl (C=O) groups is 2. The molecule has 0 N–H and O–H groups in total. The van der Waals surface area contributed by atoms with Crippen molar-refractivity contribution in [3.8, 4) is 0 Å². The van der Waals surface area contributed by atoms with Crippen molar-refractivity contribution in [3.63, 3.8) is 0 Å². The van der Waals surface area contributed by atoms with Gasteiger partial charge in [0.25, 0.3) is 0 Å². The van der Waals surface area contributed by atoms with Gasteiger partial charge in [0.1, 0.15) is 11.2 Å². The number of carbonyl (C=O) groups excluding carboxylic acids is 2. The van der Waals surface area contributed by atoms with Crippen LogP contribution in [0.2, 0.25) is 0 Å². The van der Waals surface area contributed by atoms with Crippen LogP contribution in [0.1, 0.15) is 26.6 Å². The van der Waals surface area contributed by atoms with Gasteiger partial charge in [-0.15, -0.1) is 0 Å². The van der Waals surface area contributed by atoms with Crippen LogP contribution in [0.4, 0.5) is 0 Å². The molecule has 2 aromatic rings. The molecule has 2 rings (SSSR count). The van der Waals surface area contributed by atoms with E-state index in [0.29, 0.717) is 0 Å². The summed E-state index contributed by atoms with van der Waals surface area (Å²) in [4.78, 5) is 28.8. The summed E-state index contributed by atoms with van der Waals surface area (Å²) >= 11 is 0. The van der Waals surface area contributed by atoms with Gasteiger partial charge in [0.05, 0.1) is 24.2 Å². The summed E-state index contributed by atoms with van der Waals surface area (Å²) in [6, 6.07) is 7.63. The topological polar surface area (TPSA) is 61.2 Å². The largest absolute Gasteiger partial charge is 0.465 e. The van der Waals surface area contributed by atoms with Crippen molar-refractivity contribution in [2.45, 2.75) is 34.2 Å². The van der Waals surface area contributed by atoms with Gasteiger partial charge in [0, 0.05) is 0 Å². The van der Waals surface area contributed by atoms with Gasteiger partial charge in [0.2, 0.25) is 0 Å². The fourth-order valence-electron chi connectivity index (χ4n) is 2.16. The molecule has 112 valence electrons. The van der Waals surface area contributed by atoms with Gasteiger partial charge in [-0.05, 0) is 39.8 Å². The maximum absolute atomic E-state index is 12.5. The number of hydrogen-bond donors (Lipinski definition) is 0. The molecular formula is C16H20N2O3. The first-order chi connectivity index (χ1) is 9.87. The normalized spacial score (nSPS) is 11.6. The fraction of sp³-hybridized carbons (Fsp3) is 0.438. The highest BCUT2D eigenvalue weighted by Gasteiger charge is 2.37. The summed E-state index contributed by atoms with van der Waals surface area (Å²) in [6.07, 6.45) is 0. The molecule has 21 heavy (non-hydrogen) atoms. The van der Waals surface area contributed by atoms with Gasteiger partial charge in [-0.1, -0.05) is 12.1 Å². The number of hydrogen-bond acceptors (Lipinski definition) is 4. The Morgan fingerprint density at radius 2 is 1.95 bits per heavy atom. The number of ketones is 1. The number of nitrogens with zero attached hydrogens (tertiary/aromatic N) is 2. The van der Waals surface area contributed by atoms with E-state index >= 15 is 0 Å². The molecule has 0 bridgehead atoms. The number of aryl methyl sites for hydroxylation is 1. The number of Topliss-reactive ketones (excluding diaryl/α,β-unsaturated/α-hetero) is 1. The second kappa shape index (κ2) is 5.68. The highest BCUT2D eigenvalue weighted by Crippen LogP contribution is 2.22. The molecular weight excluding hydrogens is 268 g/mol. The molecule has 5 nitrogen and oxygen atoms in total. The van der Waals surface area contributed by atoms with Crippen LogP contribution in [-0.4, -0.2) is 27.9 Å². The second-order valence-electron chi connectivity index (χ2n) is 5.50. The number of esters is 1. The first kappa shape index (κ1) is 15.2. The average Bonchev–Trinajstić information content (AvgIpc) is 2.75. The number of imidazole rings is 1. The Hall–Kier alpha value is -2.17. The van der Waals surface area contributed by atoms with E-state index in [-0.39, 0.29) is 18.9 Å². The zero-order chi connectivity index (χ0) is 15.6. The molecule has 1 aromatic heterocycles. The van der Waals surface area contributed by atoms with E-state index in [1.165, 1.54) is 0 Å². The molecule has 0 amide bonds. The lowest BCUT2D eigenvalue weighted by Gasteiger charge is -2.21. The number of rotatable bonds is 5. The second-order valence-corrected chi connectivity index (χ2v) is 5.50. The highest BCUT2D eigenvalue weighted by atomic mass is 16.5. The summed E-state index contributed by atoms with van der Waals surface area (Å²) in [7, 11) is 0. The third kappa shape index (κ3) is 2.82. The lowest BCUT2D eigenvalue weighted by molar-refractivity contribution is -0.158. The van der Waals surface area contributed by atoms with Crippen LogP contribution in [0.3, 0.4) is 0 Å². The van der Waals surface area contributed by atoms with Crippen molar-refractivity contribution in [1.82, 2.24) is 9.55 Å². The minimum atomic E-state index is -1.16. The summed E-state index contributed by atoms with van der Waals surface area (Å²) in [5.41, 5.74) is 0.577. The van der Waals surface area contributed by atoms with Crippen LogP contribution in [0.15, 0.2) is 24.3 Å². The monoisotopic (exact) mass is 288 g/mol. The molecule has 1 aromatic carbocycles. The number of ether oxygens (including phenoxy) is 1. The third-order valence-corrected chi connectivity index (χ3v) is 3.63. The molecule has 0 atom stereocenters. The highest BCUT2D eigenvalue weighted by molar-refractivity contribution is 6.03. The maximum atomic E-state index is 12.5. The zero-order valence-electron chi connectivity index (χ0n) is 12.8. The molecule has 5 heteroatoms. The molecule has 0 saturated heterocycles. The van der Waals surface area contributed by atoms with E-state index in [1.54, 1.807) is 20.8 Å². The third-order valence-electron chi connectivity index (χ3n) is 3.63. The van der Waals surface area contributed by atoms with Crippen LogP contribution < -0.4 is 0 Å². The first-order valence-electron chi connectivity index (χ1n) is 7.00. The summed E-state index contributed by atoms with van der Waals surface area (Å²) in [6.45, 7) is 7.15. The predicted octanol–water partition coefficient (Wildman–Crippen LogP) is 2.50. The minimum absolute atomic E-state index is 0.109. The van der Waals surface area contributed by atoms with E-state index in [9.17, 15) is 9.59 Å². The average molecular weight is 288 g/mol. The standard InChI is InChI=1S/C16H20N2O3/c1-5-21-15(20)16(3,4)14(19)10-18-11(2)17-12-8-6-7-9-13(12)18/h6-9H,5,10H2,1-4H3. The molecule has 0 unspecified atom stereocenters. The Morgan fingerprint density at radius 1 is 1.29 bits per heavy atom. The van der Waals surface area contributed by atoms with E-state index in [4.69, 9.17) is 4.74 Å². The van der Waals surface area contributed by atoms with Crippen molar-refractivity contribution >= 4 is 22.8 Å². The van der Waals surface area contributed by atoms with Crippen LogP contribution in [0, 0.1) is 12.3 Å². The van der Waals surface area contributed by atoms with Gasteiger partial charge >= 0.3 is 5.97 Å². The van der Waals surface area contributed by atoms with Gasteiger partial charge in [-0.25, -0.2) is 4.98 Å². The lowest BCUT2D eigenvalue weighted by Crippen LogP contribution is -2.37. The van der Waals surface area contributed by atoms with Crippen molar-refractivity contribution in [2.75, 3.05) is 6.61 Å². The maximum Gasteiger partial charge on any atom is 0.319 e. The number of benzene rings is 1. The Morgan fingerprint density at radius 3 is 2.62 bits per heavy atom. The molecule has 1 heterocycles. The molecule has 0 aliphatic heterocycles. The Labute approximate surface area is 123 Å². The molecule has 0 radical (unpaired) electrons. The molecule has 0 fully saturated rings. The van der Waals surface area contributed by atoms with Gasteiger partial charge < -0.3 is 9.30 Å². The van der Waals surface area contributed by atoms with E-state index in [2.05, 4.69) is 4.98 Å². The Balaban J connectivity index is 2.30. The molecule has 0 aliphatic rings. The molecule has 0 spiro atoms. The molecule has 0 aliphatic carbocycles. The smallest absolute Gasteiger partial charge is 0.319 e. The van der Waals surface area contributed by atoms with Crippen LogP contribution >= 0.6 is 0 Å². The lowest BCUT2D eigenvalue weighted by atomic mass is 9.88. The fourth-order valence-corrected chi connectivity index (χ4v) is 2.16. The summed E-state index contributed by atoms with van der Waals surface area (Å²) in [5.74, 6) is 0.0773. The first-order valence-corrected chi connectivity index (χ1v) is 7.00. The summed E-state index contributed by atoms with van der Waals surface area (Å²) in [5, 5.41) is 0. The van der Waals surface area contributed by atoms with Crippen molar-refractivity contribution < 1.29 is 14.3 Å². The molecule has 0 saturated carbocycles. The van der Waals surface area contributed by atoms with E-state index in [1.807, 2.05) is 35.8 Å². The van der Waals surface area contributed by atoms with Gasteiger partial charge in [-0.3, -0.25) is 9.59 Å². The van der Waals surface area contributed by atoms with E-state index in [0.717, 1.165) is 16.9 Å². The van der Waals surface area contributed by atoms with Crippen molar-refractivity contribution in [1.29, 1.82) is 0 Å². The van der Waals surface area contributed by atoms with E-state index < -0.39 is 11.4 Å². The van der Waals surface area contributed by atoms with Crippen molar-refractivity contribution in [2.24, 2.45) is 5.41 Å². The van der Waals surface area contributed by atoms with Gasteiger partial charge in [-0.2, -0.15) is 0 Å². The van der Waals surface area contributed by atoms with Crippen LogP contribution in [-0.2, 0) is 20.9 Å². The zero-order valence-corrected chi connectivity index (χ0v) is 12.8. The van der Waals surface area contributed by atoms with Crippen LogP contribution in [0.25, 0.3) is 11.0 Å². The Bertz CT molecular complexity index is 686. The summed E-state index contributed by atoms with van der Waals surface area (Å²) < 4.78 is 6.81. The van der Waals surface area contributed by atoms with Crippen LogP contribution in [0.5, 0.6) is 0 Å². The van der Waals surface area contributed by atoms with Gasteiger partial charge in [0.15, 0.2) is 5.78 Å². The number of fused-ring (bicyclic) bond motifs is 1. The minimum Gasteiger partial charge on any atom is -0.465 e. The van der Waals surface area contributed by atoms with Crippen molar-refractivity contribution in [3.05, 3.63) is 30.1 Å². The Kier molecular flexibility index (Phi) is 4.11. The predicted molar refractivity (Wildman–Crippen MR) is 79.9 cm³/mol. The quantitative estimate of drug-likeness (QED) is 0.626. The number of para-hydroxylation sites is 2. The number of aromatic nitrogens is 2.